The molecule has 0 radical (unpaired) electrons. The Kier molecular flexibility index (Phi) is 4.95. The molecule has 0 spiro atoms. The summed E-state index contributed by atoms with van der Waals surface area (Å²) in [4.78, 5) is 11.5. The van der Waals surface area contributed by atoms with E-state index < -0.39 is 5.97 Å². The van der Waals surface area contributed by atoms with Gasteiger partial charge in [0.25, 0.3) is 0 Å². The molecule has 0 saturated carbocycles. The van der Waals surface area contributed by atoms with E-state index in [4.69, 9.17) is 0 Å². The predicted octanol–water partition coefficient (Wildman–Crippen LogP) is 2.28. The summed E-state index contributed by atoms with van der Waals surface area (Å²) >= 11 is 0. The van der Waals surface area contributed by atoms with Gasteiger partial charge in [-0.2, -0.15) is 10.3 Å². The van der Waals surface area contributed by atoms with Gasteiger partial charge >= 0.3 is 5.97 Å². The van der Waals surface area contributed by atoms with Crippen LogP contribution in [0.3, 0.4) is 0 Å². The highest BCUT2D eigenvalue weighted by Crippen LogP contribution is 2.26. The number of methoxy groups -OCH3 is 1. The molecule has 0 fully saturated rings. The molecule has 1 aromatic rings. The second-order valence-corrected chi connectivity index (χ2v) is 3.82. The topological polar surface area (TPSA) is 67.9 Å². The van der Waals surface area contributed by atoms with E-state index in [1.165, 1.54) is 7.11 Å². The molecule has 0 atom stereocenters. The number of esters is 1. The minimum absolute atomic E-state index is 0.294. The number of nitrogens with one attached hydrogen (secondary N) is 1. The second-order valence-electron chi connectivity index (χ2n) is 3.82. The Bertz CT molecular complexity index is 330. The van der Waals surface area contributed by atoms with Gasteiger partial charge in [-0.3, -0.25) is 0 Å². The van der Waals surface area contributed by atoms with Gasteiger partial charge in [-0.25, -0.2) is 4.79 Å². The van der Waals surface area contributed by atoms with Gasteiger partial charge in [0, 0.05) is 5.92 Å². The number of aromatic amines is 1. The molecule has 0 bridgehead atoms. The Morgan fingerprint density at radius 2 is 1.94 bits per heavy atom. The second kappa shape index (κ2) is 6.25. The third kappa shape index (κ3) is 2.81. The summed E-state index contributed by atoms with van der Waals surface area (Å²) < 4.78 is 4.68. The molecule has 5 nitrogen and oxygen atoms in total. The molecule has 0 aliphatic heterocycles. The number of hydrogen-bond donors (Lipinski definition) is 1. The average molecular weight is 225 g/mol. The molecule has 5 heteroatoms. The maximum absolute atomic E-state index is 11.5. The molecule has 1 N–H and O–H groups in total. The first-order valence-electron chi connectivity index (χ1n) is 5.73. The molecule has 0 aromatic carbocycles. The van der Waals surface area contributed by atoms with Crippen molar-refractivity contribution in [2.75, 3.05) is 7.11 Å². The smallest absolute Gasteiger partial charge is 0.360 e. The first-order valence-corrected chi connectivity index (χ1v) is 5.73. The zero-order valence-electron chi connectivity index (χ0n) is 10.1. The fraction of sp³-hybridized carbons (Fsp3) is 0.727. The Labute approximate surface area is 95.6 Å². The largest absolute Gasteiger partial charge is 0.464 e. The highest BCUT2D eigenvalue weighted by Gasteiger charge is 2.23. The summed E-state index contributed by atoms with van der Waals surface area (Å²) in [5.41, 5.74) is 1.07. The molecule has 0 aliphatic rings. The van der Waals surface area contributed by atoms with Crippen LogP contribution in [0.4, 0.5) is 0 Å². The van der Waals surface area contributed by atoms with E-state index in [0.717, 1.165) is 31.4 Å². The molecule has 0 aliphatic carbocycles. The minimum atomic E-state index is -0.416. The van der Waals surface area contributed by atoms with Crippen LogP contribution in [0.25, 0.3) is 0 Å². The van der Waals surface area contributed by atoms with Gasteiger partial charge < -0.3 is 4.74 Å². The number of ether oxygens (including phenoxy) is 1. The third-order valence-electron chi connectivity index (χ3n) is 2.61. The molecular formula is C11H19N3O2. The van der Waals surface area contributed by atoms with Crippen LogP contribution in [-0.4, -0.2) is 28.5 Å². The Morgan fingerprint density at radius 3 is 2.44 bits per heavy atom. The molecule has 0 amide bonds. The van der Waals surface area contributed by atoms with Crippen LogP contribution in [0, 0.1) is 0 Å². The molecule has 1 aromatic heterocycles. The lowest BCUT2D eigenvalue weighted by atomic mass is 9.93. The van der Waals surface area contributed by atoms with Gasteiger partial charge in [0.15, 0.2) is 5.69 Å². The van der Waals surface area contributed by atoms with E-state index in [0.29, 0.717) is 11.6 Å². The molecule has 1 heterocycles. The van der Waals surface area contributed by atoms with E-state index >= 15 is 0 Å². The van der Waals surface area contributed by atoms with Crippen LogP contribution in [0.1, 0.15) is 61.6 Å². The summed E-state index contributed by atoms with van der Waals surface area (Å²) in [5.74, 6) is -0.121. The van der Waals surface area contributed by atoms with Gasteiger partial charge in [0.2, 0.25) is 0 Å². The number of carbonyl (C=O) groups is 1. The normalized spacial score (nSPS) is 10.8. The van der Waals surface area contributed by atoms with Gasteiger partial charge in [-0.05, 0) is 12.8 Å². The van der Waals surface area contributed by atoms with Crippen LogP contribution < -0.4 is 0 Å². The van der Waals surface area contributed by atoms with Gasteiger partial charge in [-0.15, -0.1) is 5.10 Å². The van der Waals surface area contributed by atoms with Crippen molar-refractivity contribution in [2.24, 2.45) is 0 Å². The van der Waals surface area contributed by atoms with E-state index in [1.807, 2.05) is 0 Å². The van der Waals surface area contributed by atoms with Crippen LogP contribution >= 0.6 is 0 Å². The highest BCUT2D eigenvalue weighted by molar-refractivity contribution is 5.88. The summed E-state index contributed by atoms with van der Waals surface area (Å²) in [6.07, 6.45) is 4.17. The minimum Gasteiger partial charge on any atom is -0.464 e. The predicted molar refractivity (Wildman–Crippen MR) is 60.3 cm³/mol. The SMILES string of the molecule is CCCC(CCC)c1n[nH]nc1C(=O)OC. The lowest BCUT2D eigenvalue weighted by Crippen LogP contribution is -2.09. The van der Waals surface area contributed by atoms with Crippen molar-refractivity contribution < 1.29 is 9.53 Å². The summed E-state index contributed by atoms with van der Waals surface area (Å²) in [7, 11) is 1.36. The van der Waals surface area contributed by atoms with Crippen molar-refractivity contribution >= 4 is 5.97 Å². The zero-order valence-corrected chi connectivity index (χ0v) is 10.1. The highest BCUT2D eigenvalue weighted by atomic mass is 16.5. The van der Waals surface area contributed by atoms with Gasteiger partial charge in [-0.1, -0.05) is 26.7 Å². The van der Waals surface area contributed by atoms with Crippen molar-refractivity contribution in [3.8, 4) is 0 Å². The molecule has 0 unspecified atom stereocenters. The maximum Gasteiger partial charge on any atom is 0.360 e. The van der Waals surface area contributed by atoms with E-state index in [-0.39, 0.29) is 0 Å². The van der Waals surface area contributed by atoms with E-state index in [9.17, 15) is 4.79 Å². The summed E-state index contributed by atoms with van der Waals surface area (Å²) in [6, 6.07) is 0. The maximum atomic E-state index is 11.5. The fourth-order valence-electron chi connectivity index (χ4n) is 1.89. The van der Waals surface area contributed by atoms with Crippen molar-refractivity contribution in [3.05, 3.63) is 11.4 Å². The van der Waals surface area contributed by atoms with E-state index in [1.54, 1.807) is 0 Å². The monoisotopic (exact) mass is 225 g/mol. The standard InChI is InChI=1S/C11H19N3O2/c1-4-6-8(7-5-2)9-10(11(15)16-3)13-14-12-9/h8H,4-7H2,1-3H3,(H,12,13,14). The van der Waals surface area contributed by atoms with Crippen LogP contribution in [0.15, 0.2) is 0 Å². The molecule has 1 rings (SSSR count). The first-order chi connectivity index (χ1) is 7.74. The fourth-order valence-corrected chi connectivity index (χ4v) is 1.89. The zero-order chi connectivity index (χ0) is 12.0. The first kappa shape index (κ1) is 12.7. The lowest BCUT2D eigenvalue weighted by molar-refractivity contribution is 0.0592. The van der Waals surface area contributed by atoms with Crippen molar-refractivity contribution in [3.63, 3.8) is 0 Å². The molecular weight excluding hydrogens is 206 g/mol. The Hall–Kier alpha value is -1.39. The average Bonchev–Trinajstić information content (AvgIpc) is 2.76. The molecule has 0 saturated heterocycles. The Balaban J connectivity index is 2.90. The summed E-state index contributed by atoms with van der Waals surface area (Å²) in [6.45, 7) is 4.25. The molecule has 90 valence electrons. The van der Waals surface area contributed by atoms with Crippen LogP contribution in [-0.2, 0) is 4.74 Å². The molecule has 16 heavy (non-hydrogen) atoms. The van der Waals surface area contributed by atoms with E-state index in [2.05, 4.69) is 34.0 Å². The van der Waals surface area contributed by atoms with Crippen molar-refractivity contribution in [2.45, 2.75) is 45.4 Å². The van der Waals surface area contributed by atoms with Gasteiger partial charge in [0.05, 0.1) is 7.11 Å². The Morgan fingerprint density at radius 1 is 1.31 bits per heavy atom. The number of hydrogen-bond acceptors (Lipinski definition) is 4. The van der Waals surface area contributed by atoms with Crippen molar-refractivity contribution in [1.29, 1.82) is 0 Å². The number of rotatable bonds is 6. The number of aromatic nitrogens is 3. The number of nitrogens with zero attached hydrogens (tertiary/aromatic N) is 2. The quantitative estimate of drug-likeness (QED) is 0.754. The van der Waals surface area contributed by atoms with Gasteiger partial charge in [0.1, 0.15) is 5.69 Å². The lowest BCUT2D eigenvalue weighted by Gasteiger charge is -2.12. The van der Waals surface area contributed by atoms with Crippen molar-refractivity contribution in [1.82, 2.24) is 15.4 Å². The third-order valence-corrected chi connectivity index (χ3v) is 2.61. The van der Waals surface area contributed by atoms with Crippen LogP contribution in [0.5, 0.6) is 0 Å². The number of H-pyrrole nitrogens is 1. The van der Waals surface area contributed by atoms with Crippen LogP contribution in [0.2, 0.25) is 0 Å². The number of carbonyl (C=O) groups excluding carboxylic acids is 1. The summed E-state index contributed by atoms with van der Waals surface area (Å²) in [5, 5.41) is 10.5.